The van der Waals surface area contributed by atoms with Crippen LogP contribution in [0.25, 0.3) is 0 Å². The van der Waals surface area contributed by atoms with E-state index in [9.17, 15) is 4.79 Å². The third-order valence-corrected chi connectivity index (χ3v) is 4.15. The van der Waals surface area contributed by atoms with E-state index < -0.39 is 0 Å². The molecule has 0 aromatic heterocycles. The number of hydrogen-bond donors (Lipinski definition) is 2. The molecule has 0 saturated carbocycles. The van der Waals surface area contributed by atoms with Crippen molar-refractivity contribution in [1.29, 1.82) is 0 Å². The molecule has 0 unspecified atom stereocenters. The summed E-state index contributed by atoms with van der Waals surface area (Å²) in [6.07, 6.45) is 2.40. The lowest BCUT2D eigenvalue weighted by molar-refractivity contribution is -0.120. The Morgan fingerprint density at radius 2 is 1.83 bits per heavy atom. The largest absolute Gasteiger partial charge is 0.384 e. The number of anilines is 1. The average molecular weight is 331 g/mol. The van der Waals surface area contributed by atoms with E-state index in [0.29, 0.717) is 19.5 Å². The van der Waals surface area contributed by atoms with Crippen LogP contribution in [-0.4, -0.2) is 19.0 Å². The summed E-state index contributed by atoms with van der Waals surface area (Å²) in [7, 11) is 0. The van der Waals surface area contributed by atoms with Crippen molar-refractivity contribution in [2.75, 3.05) is 18.4 Å². The smallest absolute Gasteiger partial charge is 0.221 e. The van der Waals surface area contributed by atoms with Gasteiger partial charge in [0.2, 0.25) is 5.91 Å². The number of aryl methyl sites for hydroxylation is 1. The van der Waals surface area contributed by atoms with Crippen molar-refractivity contribution in [2.45, 2.75) is 26.2 Å². The van der Waals surface area contributed by atoms with Crippen LogP contribution in [0.5, 0.6) is 0 Å². The molecule has 0 aliphatic rings. The van der Waals surface area contributed by atoms with Crippen LogP contribution in [0.15, 0.2) is 48.5 Å². The third-order valence-electron chi connectivity index (χ3n) is 3.74. The molecule has 0 saturated heterocycles. The van der Waals surface area contributed by atoms with Crippen LogP contribution in [0.4, 0.5) is 5.69 Å². The highest BCUT2D eigenvalue weighted by molar-refractivity contribution is 6.31. The van der Waals surface area contributed by atoms with E-state index in [-0.39, 0.29) is 5.91 Å². The SMILES string of the molecule is Cc1c(Cl)cccc1NCCC(=O)NCCCc1ccccc1. The van der Waals surface area contributed by atoms with Crippen LogP contribution in [0.1, 0.15) is 24.0 Å². The normalized spacial score (nSPS) is 10.3. The Bertz CT molecular complexity index is 629. The zero-order chi connectivity index (χ0) is 16.5. The predicted molar refractivity (Wildman–Crippen MR) is 97.1 cm³/mol. The highest BCUT2D eigenvalue weighted by atomic mass is 35.5. The number of halogens is 1. The van der Waals surface area contributed by atoms with Gasteiger partial charge in [-0.25, -0.2) is 0 Å². The van der Waals surface area contributed by atoms with Crippen molar-refractivity contribution < 1.29 is 4.79 Å². The van der Waals surface area contributed by atoms with Crippen LogP contribution < -0.4 is 10.6 Å². The quantitative estimate of drug-likeness (QED) is 0.712. The van der Waals surface area contributed by atoms with Crippen molar-refractivity contribution in [1.82, 2.24) is 5.32 Å². The number of nitrogens with one attached hydrogen (secondary N) is 2. The Labute approximate surface area is 143 Å². The van der Waals surface area contributed by atoms with E-state index in [4.69, 9.17) is 11.6 Å². The molecule has 3 nitrogen and oxygen atoms in total. The first kappa shape index (κ1) is 17.4. The van der Waals surface area contributed by atoms with Gasteiger partial charge in [-0.3, -0.25) is 4.79 Å². The summed E-state index contributed by atoms with van der Waals surface area (Å²) in [5, 5.41) is 6.95. The van der Waals surface area contributed by atoms with Crippen LogP contribution >= 0.6 is 11.6 Å². The second-order valence-corrected chi connectivity index (χ2v) is 5.94. The van der Waals surface area contributed by atoms with Gasteiger partial charge >= 0.3 is 0 Å². The zero-order valence-electron chi connectivity index (χ0n) is 13.4. The number of carbonyl (C=O) groups excluding carboxylic acids is 1. The monoisotopic (exact) mass is 330 g/mol. The van der Waals surface area contributed by atoms with Gasteiger partial charge in [0.05, 0.1) is 0 Å². The molecule has 23 heavy (non-hydrogen) atoms. The maximum Gasteiger partial charge on any atom is 0.221 e. The fourth-order valence-corrected chi connectivity index (χ4v) is 2.54. The lowest BCUT2D eigenvalue weighted by Crippen LogP contribution is -2.26. The highest BCUT2D eigenvalue weighted by Gasteiger charge is 2.04. The van der Waals surface area contributed by atoms with Gasteiger partial charge in [-0.1, -0.05) is 48.0 Å². The molecule has 2 aromatic carbocycles. The average Bonchev–Trinajstić information content (AvgIpc) is 2.56. The fraction of sp³-hybridized carbons (Fsp3) is 0.316. The molecule has 2 rings (SSSR count). The van der Waals surface area contributed by atoms with Gasteiger partial charge in [-0.15, -0.1) is 0 Å². The first-order valence-corrected chi connectivity index (χ1v) is 8.34. The molecule has 0 atom stereocenters. The molecule has 0 bridgehead atoms. The van der Waals surface area contributed by atoms with Crippen LogP contribution in [0.2, 0.25) is 5.02 Å². The fourth-order valence-electron chi connectivity index (χ4n) is 2.36. The molecule has 122 valence electrons. The Morgan fingerprint density at radius 3 is 2.61 bits per heavy atom. The summed E-state index contributed by atoms with van der Waals surface area (Å²) in [6.45, 7) is 3.28. The molecule has 0 heterocycles. The molecule has 0 aliphatic carbocycles. The van der Waals surface area contributed by atoms with Gasteiger partial charge in [-0.05, 0) is 43.0 Å². The molecule has 4 heteroatoms. The lowest BCUT2D eigenvalue weighted by Gasteiger charge is -2.10. The molecule has 2 N–H and O–H groups in total. The Hall–Kier alpha value is -2.00. The van der Waals surface area contributed by atoms with E-state index in [1.165, 1.54) is 5.56 Å². The second kappa shape index (κ2) is 9.21. The first-order valence-electron chi connectivity index (χ1n) is 7.96. The van der Waals surface area contributed by atoms with Crippen LogP contribution in [0.3, 0.4) is 0 Å². The minimum absolute atomic E-state index is 0.0743. The van der Waals surface area contributed by atoms with Gasteiger partial charge < -0.3 is 10.6 Å². The highest BCUT2D eigenvalue weighted by Crippen LogP contribution is 2.22. The summed E-state index contributed by atoms with van der Waals surface area (Å²) in [5.74, 6) is 0.0743. The number of amides is 1. The maximum atomic E-state index is 11.8. The van der Waals surface area contributed by atoms with E-state index in [1.54, 1.807) is 0 Å². The summed E-state index contributed by atoms with van der Waals surface area (Å²) in [4.78, 5) is 11.8. The maximum absolute atomic E-state index is 11.8. The van der Waals surface area contributed by atoms with Gasteiger partial charge in [-0.2, -0.15) is 0 Å². The van der Waals surface area contributed by atoms with Crippen LogP contribution in [-0.2, 0) is 11.2 Å². The van der Waals surface area contributed by atoms with Gasteiger partial charge in [0.25, 0.3) is 0 Å². The Kier molecular flexibility index (Phi) is 6.95. The second-order valence-electron chi connectivity index (χ2n) is 5.53. The third kappa shape index (κ3) is 5.95. The topological polar surface area (TPSA) is 41.1 Å². The minimum atomic E-state index is 0.0743. The first-order chi connectivity index (χ1) is 11.2. The van der Waals surface area contributed by atoms with Gasteiger partial charge in [0, 0.05) is 30.2 Å². The standard InChI is InChI=1S/C19H23ClN2O/c1-15-17(20)10-5-11-18(15)21-14-12-19(23)22-13-6-9-16-7-3-2-4-8-16/h2-5,7-8,10-11,21H,6,9,12-14H2,1H3,(H,22,23). The van der Waals surface area contributed by atoms with Crippen molar-refractivity contribution >= 4 is 23.2 Å². The zero-order valence-corrected chi connectivity index (χ0v) is 14.2. The number of carbonyl (C=O) groups is 1. The van der Waals surface area contributed by atoms with E-state index in [2.05, 4.69) is 22.8 Å². The van der Waals surface area contributed by atoms with Crippen molar-refractivity contribution in [3.63, 3.8) is 0 Å². The van der Waals surface area contributed by atoms with Crippen LogP contribution in [0, 0.1) is 6.92 Å². The number of rotatable bonds is 8. The molecular weight excluding hydrogens is 308 g/mol. The van der Waals surface area contributed by atoms with E-state index in [0.717, 1.165) is 29.1 Å². The van der Waals surface area contributed by atoms with E-state index in [1.807, 2.05) is 43.3 Å². The Morgan fingerprint density at radius 1 is 1.04 bits per heavy atom. The Balaban J connectivity index is 1.61. The lowest BCUT2D eigenvalue weighted by atomic mass is 10.1. The van der Waals surface area contributed by atoms with E-state index >= 15 is 0 Å². The molecule has 2 aromatic rings. The van der Waals surface area contributed by atoms with Crippen molar-refractivity contribution in [2.24, 2.45) is 0 Å². The number of hydrogen-bond acceptors (Lipinski definition) is 2. The summed E-state index contributed by atoms with van der Waals surface area (Å²) in [5.41, 5.74) is 3.30. The molecular formula is C19H23ClN2O. The number of benzene rings is 2. The van der Waals surface area contributed by atoms with Gasteiger partial charge in [0.1, 0.15) is 0 Å². The molecule has 0 fully saturated rings. The molecule has 0 spiro atoms. The summed E-state index contributed by atoms with van der Waals surface area (Å²) in [6, 6.07) is 16.1. The molecule has 0 radical (unpaired) electrons. The van der Waals surface area contributed by atoms with Crippen molar-refractivity contribution in [3.8, 4) is 0 Å². The molecule has 1 amide bonds. The summed E-state index contributed by atoms with van der Waals surface area (Å²) < 4.78 is 0. The minimum Gasteiger partial charge on any atom is -0.384 e. The predicted octanol–water partition coefficient (Wildman–Crippen LogP) is 4.20. The molecule has 0 aliphatic heterocycles. The van der Waals surface area contributed by atoms with Crippen molar-refractivity contribution in [3.05, 3.63) is 64.7 Å². The summed E-state index contributed by atoms with van der Waals surface area (Å²) >= 11 is 6.07. The van der Waals surface area contributed by atoms with Gasteiger partial charge in [0.15, 0.2) is 0 Å².